The van der Waals surface area contributed by atoms with Gasteiger partial charge in [-0.15, -0.1) is 10.2 Å². The van der Waals surface area contributed by atoms with E-state index in [0.717, 1.165) is 22.0 Å². The molecule has 1 atom stereocenters. The summed E-state index contributed by atoms with van der Waals surface area (Å²) < 4.78 is 5.07. The van der Waals surface area contributed by atoms with Crippen LogP contribution in [0.15, 0.2) is 23.4 Å². The first kappa shape index (κ1) is 15.7. The summed E-state index contributed by atoms with van der Waals surface area (Å²) in [6.45, 7) is 6.14. The maximum absolute atomic E-state index is 11.9. The van der Waals surface area contributed by atoms with Crippen LogP contribution in [0.4, 0.5) is 0 Å². The van der Waals surface area contributed by atoms with Crippen LogP contribution >= 0.6 is 11.8 Å². The van der Waals surface area contributed by atoms with Crippen LogP contribution in [-0.4, -0.2) is 38.0 Å². The van der Waals surface area contributed by atoms with E-state index in [1.807, 2.05) is 26.0 Å². The monoisotopic (exact) mass is 330 g/mol. The van der Waals surface area contributed by atoms with Gasteiger partial charge in [0.25, 0.3) is 0 Å². The fourth-order valence-electron chi connectivity index (χ4n) is 2.38. The Balaban J connectivity index is 1.93. The Hall–Kier alpha value is -2.15. The summed E-state index contributed by atoms with van der Waals surface area (Å²) in [4.78, 5) is 19.6. The molecule has 1 unspecified atom stereocenters. The Morgan fingerprint density at radius 3 is 2.91 bits per heavy atom. The number of aryl methyl sites for hydroxylation is 1. The molecule has 3 rings (SSSR count). The molecule has 23 heavy (non-hydrogen) atoms. The Morgan fingerprint density at radius 2 is 2.17 bits per heavy atom. The number of rotatable bonds is 5. The second-order valence-corrected chi connectivity index (χ2v) is 6.40. The molecule has 0 saturated carbocycles. The van der Waals surface area contributed by atoms with E-state index in [-0.39, 0.29) is 11.2 Å². The zero-order valence-electron chi connectivity index (χ0n) is 13.3. The number of carbonyl (C=O) groups excluding carboxylic acids is 1. The summed E-state index contributed by atoms with van der Waals surface area (Å²) in [7, 11) is 0. The van der Waals surface area contributed by atoms with Gasteiger partial charge in [-0.2, -0.15) is 0 Å². The number of nitrogens with zero attached hydrogens (tertiary/aromatic N) is 3. The number of hydrogen-bond donors (Lipinski definition) is 1. The van der Waals surface area contributed by atoms with Gasteiger partial charge in [0, 0.05) is 10.9 Å². The highest BCUT2D eigenvalue weighted by Crippen LogP contribution is 2.27. The van der Waals surface area contributed by atoms with Crippen LogP contribution in [0.1, 0.15) is 25.8 Å². The van der Waals surface area contributed by atoms with Crippen LogP contribution < -0.4 is 0 Å². The van der Waals surface area contributed by atoms with Crippen LogP contribution in [0.5, 0.6) is 0 Å². The van der Waals surface area contributed by atoms with Crippen LogP contribution in [0.2, 0.25) is 0 Å². The lowest BCUT2D eigenvalue weighted by atomic mass is 10.2. The van der Waals surface area contributed by atoms with Crippen LogP contribution in [0.3, 0.4) is 0 Å². The summed E-state index contributed by atoms with van der Waals surface area (Å²) in [6.07, 6.45) is 0.650. The van der Waals surface area contributed by atoms with Crippen molar-refractivity contribution in [3.05, 3.63) is 23.8 Å². The Morgan fingerprint density at radius 1 is 1.35 bits per heavy atom. The number of nitrogens with one attached hydrogen (secondary N) is 1. The second-order valence-electron chi connectivity index (χ2n) is 5.23. The number of carbonyl (C=O) groups is 1. The SMILES string of the molecule is CCOC(=O)C(CC)Sc1nnc2c(n1)[nH]c1ccc(C)cc12. The number of H-pyrrole nitrogens is 1. The van der Waals surface area contributed by atoms with E-state index >= 15 is 0 Å². The predicted molar refractivity (Wildman–Crippen MR) is 90.5 cm³/mol. The van der Waals surface area contributed by atoms with Crippen LogP contribution in [0, 0.1) is 6.92 Å². The smallest absolute Gasteiger partial charge is 0.319 e. The summed E-state index contributed by atoms with van der Waals surface area (Å²) in [5.74, 6) is -0.240. The average Bonchev–Trinajstić information content (AvgIpc) is 2.89. The van der Waals surface area contributed by atoms with Crippen molar-refractivity contribution in [3.63, 3.8) is 0 Å². The molecule has 1 N–H and O–H groups in total. The maximum atomic E-state index is 11.9. The molecule has 0 radical (unpaired) electrons. The topological polar surface area (TPSA) is 80.8 Å². The Bertz CT molecular complexity index is 862. The van der Waals surface area contributed by atoms with Gasteiger partial charge in [-0.05, 0) is 32.4 Å². The molecule has 3 aromatic rings. The number of thioether (sulfide) groups is 1. The van der Waals surface area contributed by atoms with Gasteiger partial charge in [-0.25, -0.2) is 4.98 Å². The maximum Gasteiger partial charge on any atom is 0.319 e. The number of hydrogen-bond acceptors (Lipinski definition) is 6. The molecule has 0 aliphatic rings. The zero-order valence-corrected chi connectivity index (χ0v) is 14.1. The van der Waals surface area contributed by atoms with Gasteiger partial charge in [0.1, 0.15) is 10.8 Å². The van der Waals surface area contributed by atoms with E-state index in [2.05, 4.69) is 26.2 Å². The molecule has 120 valence electrons. The number of benzene rings is 1. The molecule has 1 aromatic carbocycles. The lowest BCUT2D eigenvalue weighted by Gasteiger charge is -2.11. The third kappa shape index (κ3) is 3.14. The second kappa shape index (κ2) is 6.54. The minimum Gasteiger partial charge on any atom is -0.465 e. The average molecular weight is 330 g/mol. The van der Waals surface area contributed by atoms with Gasteiger partial charge < -0.3 is 9.72 Å². The van der Waals surface area contributed by atoms with Gasteiger partial charge in [-0.3, -0.25) is 4.79 Å². The molecule has 0 amide bonds. The van der Waals surface area contributed by atoms with Crippen molar-refractivity contribution in [1.29, 1.82) is 0 Å². The number of aromatic amines is 1. The largest absolute Gasteiger partial charge is 0.465 e. The van der Waals surface area contributed by atoms with E-state index in [4.69, 9.17) is 4.74 Å². The van der Waals surface area contributed by atoms with E-state index in [0.29, 0.717) is 23.8 Å². The van der Waals surface area contributed by atoms with E-state index < -0.39 is 0 Å². The van der Waals surface area contributed by atoms with Gasteiger partial charge in [0.15, 0.2) is 5.65 Å². The van der Waals surface area contributed by atoms with Crippen molar-refractivity contribution in [1.82, 2.24) is 20.2 Å². The van der Waals surface area contributed by atoms with Crippen molar-refractivity contribution in [2.45, 2.75) is 37.6 Å². The molecule has 2 heterocycles. The third-order valence-electron chi connectivity index (χ3n) is 3.52. The number of fused-ring (bicyclic) bond motifs is 3. The van der Waals surface area contributed by atoms with Crippen molar-refractivity contribution in [2.24, 2.45) is 0 Å². The molecule has 6 nitrogen and oxygen atoms in total. The normalized spacial score (nSPS) is 12.7. The lowest BCUT2D eigenvalue weighted by molar-refractivity contribution is -0.142. The summed E-state index contributed by atoms with van der Waals surface area (Å²) in [6, 6.07) is 6.10. The molecule has 2 aromatic heterocycles. The lowest BCUT2D eigenvalue weighted by Crippen LogP contribution is -2.19. The van der Waals surface area contributed by atoms with E-state index in [1.54, 1.807) is 6.92 Å². The molecule has 0 saturated heterocycles. The quantitative estimate of drug-likeness (QED) is 0.571. The van der Waals surface area contributed by atoms with Crippen molar-refractivity contribution < 1.29 is 9.53 Å². The fraction of sp³-hybridized carbons (Fsp3) is 0.375. The highest BCUT2D eigenvalue weighted by molar-refractivity contribution is 8.00. The number of esters is 1. The zero-order chi connectivity index (χ0) is 16.4. The number of aromatic nitrogens is 4. The molecule has 0 bridgehead atoms. The molecule has 0 aliphatic heterocycles. The molecule has 7 heteroatoms. The summed E-state index contributed by atoms with van der Waals surface area (Å²) in [5.41, 5.74) is 3.57. The summed E-state index contributed by atoms with van der Waals surface area (Å²) in [5, 5.41) is 9.61. The van der Waals surface area contributed by atoms with Crippen molar-refractivity contribution >= 4 is 39.8 Å². The highest BCUT2D eigenvalue weighted by Gasteiger charge is 2.21. The van der Waals surface area contributed by atoms with Gasteiger partial charge in [-0.1, -0.05) is 30.3 Å². The van der Waals surface area contributed by atoms with Gasteiger partial charge in [0.2, 0.25) is 5.16 Å². The van der Waals surface area contributed by atoms with Gasteiger partial charge in [0.05, 0.1) is 6.61 Å². The molecular weight excluding hydrogens is 312 g/mol. The minimum atomic E-state index is -0.319. The molecule has 0 spiro atoms. The van der Waals surface area contributed by atoms with Crippen LogP contribution in [0.25, 0.3) is 22.1 Å². The minimum absolute atomic E-state index is 0.240. The molecule has 0 aliphatic carbocycles. The van der Waals surface area contributed by atoms with Crippen molar-refractivity contribution in [2.75, 3.05) is 6.61 Å². The van der Waals surface area contributed by atoms with Crippen LogP contribution in [-0.2, 0) is 9.53 Å². The van der Waals surface area contributed by atoms with E-state index in [9.17, 15) is 4.79 Å². The summed E-state index contributed by atoms with van der Waals surface area (Å²) >= 11 is 1.29. The first-order valence-corrected chi connectivity index (χ1v) is 8.46. The van der Waals surface area contributed by atoms with Crippen molar-refractivity contribution in [3.8, 4) is 0 Å². The molecular formula is C16H18N4O2S. The molecule has 0 fully saturated rings. The standard InChI is InChI=1S/C16H18N4O2S/c1-4-12(15(21)22-5-2)23-16-18-14-13(19-20-16)10-8-9(3)6-7-11(10)17-14/h6-8,12H,4-5H2,1-3H3,(H,17,18,20). The first-order chi connectivity index (χ1) is 11.1. The highest BCUT2D eigenvalue weighted by atomic mass is 32.2. The number of ether oxygens (including phenoxy) is 1. The Labute approximate surface area is 138 Å². The first-order valence-electron chi connectivity index (χ1n) is 7.58. The third-order valence-corrected chi connectivity index (χ3v) is 4.71. The van der Waals surface area contributed by atoms with Gasteiger partial charge >= 0.3 is 5.97 Å². The Kier molecular flexibility index (Phi) is 4.47. The van der Waals surface area contributed by atoms with E-state index in [1.165, 1.54) is 11.8 Å². The predicted octanol–water partition coefficient (Wildman–Crippen LogP) is 3.25. The fourth-order valence-corrected chi connectivity index (χ4v) is 3.20.